The van der Waals surface area contributed by atoms with Crippen LogP contribution in [0.15, 0.2) is 158 Å². The van der Waals surface area contributed by atoms with Gasteiger partial charge in [0.2, 0.25) is 0 Å². The number of hydrogen-bond acceptors (Lipinski definition) is 2. The molecule has 2 aromatic heterocycles. The van der Waals surface area contributed by atoms with Crippen molar-refractivity contribution in [1.29, 1.82) is 0 Å². The first-order valence-corrected chi connectivity index (χ1v) is 16.6. The summed E-state index contributed by atoms with van der Waals surface area (Å²) in [6.07, 6.45) is 5.71. The van der Waals surface area contributed by atoms with Crippen LogP contribution in [0, 0.1) is 5.92 Å². The van der Waals surface area contributed by atoms with Crippen LogP contribution in [0.4, 0.5) is 0 Å². The number of nitrogens with zero attached hydrogens (tertiary/aromatic N) is 3. The van der Waals surface area contributed by atoms with Crippen molar-refractivity contribution in [3.8, 4) is 50.6 Å². The van der Waals surface area contributed by atoms with E-state index < -0.39 is 0 Å². The number of rotatable bonds is 5. The molecule has 6 aromatic carbocycles. The second-order valence-electron chi connectivity index (χ2n) is 12.7. The SMILES string of the molecule is CC1C=Cc2c(c3ccccc3n2-c2ccc(-c3ccc(-c4nc(-c5ccc(-c6ccccc6)cc5)nc5ccccc45)cc3)cc2)C1. The van der Waals surface area contributed by atoms with Gasteiger partial charge in [-0.15, -0.1) is 0 Å². The van der Waals surface area contributed by atoms with Gasteiger partial charge in [0.05, 0.1) is 16.7 Å². The number of fused-ring (bicyclic) bond motifs is 4. The van der Waals surface area contributed by atoms with E-state index in [0.717, 1.165) is 40.0 Å². The first-order valence-electron chi connectivity index (χ1n) is 16.6. The number of para-hydroxylation sites is 2. The van der Waals surface area contributed by atoms with Crippen LogP contribution >= 0.6 is 0 Å². The van der Waals surface area contributed by atoms with Crippen molar-refractivity contribution in [3.05, 3.63) is 169 Å². The Hall–Kier alpha value is -6.06. The maximum absolute atomic E-state index is 5.13. The predicted octanol–water partition coefficient (Wildman–Crippen LogP) is 11.4. The summed E-state index contributed by atoms with van der Waals surface area (Å²) in [4.78, 5) is 10.1. The second kappa shape index (κ2) is 11.6. The van der Waals surface area contributed by atoms with Crippen LogP contribution in [-0.4, -0.2) is 14.5 Å². The topological polar surface area (TPSA) is 30.7 Å². The first kappa shape index (κ1) is 28.2. The highest BCUT2D eigenvalue weighted by atomic mass is 15.0. The third kappa shape index (κ3) is 4.92. The summed E-state index contributed by atoms with van der Waals surface area (Å²) in [6, 6.07) is 53.8. The molecular formula is C45H33N3. The Morgan fingerprint density at radius 2 is 1.08 bits per heavy atom. The molecule has 0 saturated carbocycles. The van der Waals surface area contributed by atoms with Gasteiger partial charge in [-0.3, -0.25) is 0 Å². The van der Waals surface area contributed by atoms with E-state index in [4.69, 9.17) is 9.97 Å². The molecule has 48 heavy (non-hydrogen) atoms. The first-order chi connectivity index (χ1) is 23.7. The number of benzene rings is 6. The zero-order valence-electron chi connectivity index (χ0n) is 26.7. The van der Waals surface area contributed by atoms with E-state index in [9.17, 15) is 0 Å². The highest BCUT2D eigenvalue weighted by Gasteiger charge is 2.20. The molecule has 3 nitrogen and oxygen atoms in total. The maximum atomic E-state index is 5.13. The van der Waals surface area contributed by atoms with Crippen LogP contribution in [0.5, 0.6) is 0 Å². The van der Waals surface area contributed by atoms with E-state index in [-0.39, 0.29) is 0 Å². The van der Waals surface area contributed by atoms with Crippen molar-refractivity contribution in [3.63, 3.8) is 0 Å². The molecule has 1 aliphatic rings. The van der Waals surface area contributed by atoms with Crippen LogP contribution in [0.1, 0.15) is 18.2 Å². The minimum atomic E-state index is 0.556. The monoisotopic (exact) mass is 615 g/mol. The molecule has 1 unspecified atom stereocenters. The largest absolute Gasteiger partial charge is 0.310 e. The fourth-order valence-electron chi connectivity index (χ4n) is 7.13. The molecule has 9 rings (SSSR count). The summed E-state index contributed by atoms with van der Waals surface area (Å²) in [5.74, 6) is 1.28. The van der Waals surface area contributed by atoms with Crippen LogP contribution in [0.3, 0.4) is 0 Å². The molecule has 0 amide bonds. The zero-order valence-corrected chi connectivity index (χ0v) is 26.7. The molecule has 0 radical (unpaired) electrons. The van der Waals surface area contributed by atoms with Gasteiger partial charge < -0.3 is 4.57 Å². The molecular weight excluding hydrogens is 583 g/mol. The van der Waals surface area contributed by atoms with Gasteiger partial charge >= 0.3 is 0 Å². The Morgan fingerprint density at radius 3 is 1.81 bits per heavy atom. The smallest absolute Gasteiger partial charge is 0.160 e. The quantitative estimate of drug-likeness (QED) is 0.193. The predicted molar refractivity (Wildman–Crippen MR) is 200 cm³/mol. The maximum Gasteiger partial charge on any atom is 0.160 e. The lowest BCUT2D eigenvalue weighted by atomic mass is 9.93. The van der Waals surface area contributed by atoms with Gasteiger partial charge in [-0.2, -0.15) is 0 Å². The lowest BCUT2D eigenvalue weighted by Gasteiger charge is -2.16. The lowest BCUT2D eigenvalue weighted by Crippen LogP contribution is -2.05. The minimum Gasteiger partial charge on any atom is -0.310 e. The zero-order chi connectivity index (χ0) is 32.0. The average Bonchev–Trinajstić information content (AvgIpc) is 3.48. The Bertz CT molecular complexity index is 2450. The lowest BCUT2D eigenvalue weighted by molar-refractivity contribution is 0.718. The summed E-state index contributed by atoms with van der Waals surface area (Å²) >= 11 is 0. The van der Waals surface area contributed by atoms with E-state index in [1.807, 2.05) is 12.1 Å². The van der Waals surface area contributed by atoms with Crippen molar-refractivity contribution >= 4 is 27.9 Å². The highest BCUT2D eigenvalue weighted by Crippen LogP contribution is 2.36. The average molecular weight is 616 g/mol. The molecule has 8 aromatic rings. The molecule has 0 spiro atoms. The Morgan fingerprint density at radius 1 is 0.521 bits per heavy atom. The van der Waals surface area contributed by atoms with Gasteiger partial charge in [-0.1, -0.05) is 140 Å². The molecule has 228 valence electrons. The van der Waals surface area contributed by atoms with Crippen LogP contribution in [0.25, 0.3) is 78.5 Å². The minimum absolute atomic E-state index is 0.556. The third-order valence-corrected chi connectivity index (χ3v) is 9.60. The third-order valence-electron chi connectivity index (χ3n) is 9.60. The molecule has 3 heteroatoms. The molecule has 0 N–H and O–H groups in total. The van der Waals surface area contributed by atoms with Crippen molar-refractivity contribution < 1.29 is 0 Å². The Labute approximate surface area is 280 Å². The van der Waals surface area contributed by atoms with Crippen molar-refractivity contribution in [2.75, 3.05) is 0 Å². The Balaban J connectivity index is 1.04. The number of allylic oxidation sites excluding steroid dienone is 1. The summed E-state index contributed by atoms with van der Waals surface area (Å²) in [6.45, 7) is 2.29. The second-order valence-corrected chi connectivity index (χ2v) is 12.7. The summed E-state index contributed by atoms with van der Waals surface area (Å²) in [5.41, 5.74) is 13.9. The molecule has 2 heterocycles. The van der Waals surface area contributed by atoms with Crippen LogP contribution in [-0.2, 0) is 6.42 Å². The standard InChI is InChI=1S/C45H33N3/c1-30-15-28-43-40(29-30)38-11-6-8-14-42(38)48(43)37-26-24-34(25-27-37)33-16-20-35(21-17-33)44-39-12-5-7-13-41(39)46-45(47-44)36-22-18-32(19-23-36)31-9-3-2-4-10-31/h2-28,30H,29H2,1H3. The number of hydrogen-bond donors (Lipinski definition) is 0. The van der Waals surface area contributed by atoms with Crippen molar-refractivity contribution in [2.45, 2.75) is 13.3 Å². The summed E-state index contributed by atoms with van der Waals surface area (Å²) < 4.78 is 2.41. The summed E-state index contributed by atoms with van der Waals surface area (Å²) in [5, 5.41) is 2.40. The van der Waals surface area contributed by atoms with Crippen molar-refractivity contribution in [1.82, 2.24) is 14.5 Å². The van der Waals surface area contributed by atoms with Gasteiger partial charge in [0.15, 0.2) is 5.82 Å². The molecule has 0 aliphatic heterocycles. The molecule has 0 fully saturated rings. The molecule has 0 saturated heterocycles. The molecule has 1 atom stereocenters. The van der Waals surface area contributed by atoms with Gasteiger partial charge in [0.25, 0.3) is 0 Å². The van der Waals surface area contributed by atoms with Gasteiger partial charge in [-0.25, -0.2) is 9.97 Å². The van der Waals surface area contributed by atoms with E-state index in [0.29, 0.717) is 5.92 Å². The van der Waals surface area contributed by atoms with E-state index in [1.165, 1.54) is 50.1 Å². The number of aromatic nitrogens is 3. The van der Waals surface area contributed by atoms with E-state index in [2.05, 4.69) is 163 Å². The fourth-order valence-corrected chi connectivity index (χ4v) is 7.13. The van der Waals surface area contributed by atoms with E-state index in [1.54, 1.807) is 0 Å². The van der Waals surface area contributed by atoms with E-state index >= 15 is 0 Å². The van der Waals surface area contributed by atoms with Gasteiger partial charge in [0.1, 0.15) is 0 Å². The summed E-state index contributed by atoms with van der Waals surface area (Å²) in [7, 11) is 0. The van der Waals surface area contributed by atoms with Gasteiger partial charge in [-0.05, 0) is 70.5 Å². The van der Waals surface area contributed by atoms with Crippen molar-refractivity contribution in [2.24, 2.45) is 5.92 Å². The van der Waals surface area contributed by atoms with Gasteiger partial charge in [0, 0.05) is 33.3 Å². The Kier molecular flexibility index (Phi) is 6.83. The highest BCUT2D eigenvalue weighted by molar-refractivity contribution is 5.94. The molecule has 0 bridgehead atoms. The fraction of sp³-hybridized carbons (Fsp3) is 0.0667. The van der Waals surface area contributed by atoms with Crippen LogP contribution in [0.2, 0.25) is 0 Å². The normalized spacial score (nSPS) is 14.0. The molecule has 1 aliphatic carbocycles. The van der Waals surface area contributed by atoms with Crippen LogP contribution < -0.4 is 0 Å².